The van der Waals surface area contributed by atoms with Crippen molar-refractivity contribution in [2.45, 2.75) is 45.9 Å². The maximum absolute atomic E-state index is 12.2. The van der Waals surface area contributed by atoms with Crippen LogP contribution in [-0.2, 0) is 11.3 Å². The van der Waals surface area contributed by atoms with E-state index in [-0.39, 0.29) is 18.5 Å². The zero-order valence-electron chi connectivity index (χ0n) is 12.2. The molecule has 20 heavy (non-hydrogen) atoms. The zero-order valence-corrected chi connectivity index (χ0v) is 12.2. The summed E-state index contributed by atoms with van der Waals surface area (Å²) in [6.07, 6.45) is -0.582. The van der Waals surface area contributed by atoms with E-state index in [1.54, 1.807) is 6.07 Å². The number of fused-ring (bicyclic) bond motifs is 1. The van der Waals surface area contributed by atoms with Crippen LogP contribution in [0.25, 0.3) is 0 Å². The minimum absolute atomic E-state index is 0.0916. The van der Waals surface area contributed by atoms with Gasteiger partial charge in [0.05, 0.1) is 13.1 Å². The molecule has 0 radical (unpaired) electrons. The number of hydrogen-bond acceptors (Lipinski definition) is 5. The van der Waals surface area contributed by atoms with E-state index in [0.717, 1.165) is 0 Å². The molecule has 0 aromatic carbocycles. The van der Waals surface area contributed by atoms with Crippen molar-refractivity contribution in [2.75, 3.05) is 6.54 Å². The summed E-state index contributed by atoms with van der Waals surface area (Å²) in [4.78, 5) is 17.7. The molecule has 1 aliphatic heterocycles. The van der Waals surface area contributed by atoms with Gasteiger partial charge >= 0.3 is 6.09 Å². The number of carbonyl (C=O) groups is 1. The maximum atomic E-state index is 12.2. The van der Waals surface area contributed by atoms with Gasteiger partial charge in [-0.1, -0.05) is 0 Å². The van der Waals surface area contributed by atoms with Crippen molar-refractivity contribution in [1.82, 2.24) is 9.88 Å². The second-order valence-corrected chi connectivity index (χ2v) is 5.90. The first-order valence-corrected chi connectivity index (χ1v) is 6.58. The van der Waals surface area contributed by atoms with Crippen LogP contribution in [0.2, 0.25) is 0 Å². The quantitative estimate of drug-likeness (QED) is 0.789. The molecule has 0 spiro atoms. The number of nitrogens with zero attached hydrogens (tertiary/aromatic N) is 2. The predicted molar refractivity (Wildman–Crippen MR) is 72.6 cm³/mol. The van der Waals surface area contributed by atoms with Crippen molar-refractivity contribution in [3.05, 3.63) is 17.8 Å². The van der Waals surface area contributed by atoms with Gasteiger partial charge in [-0.2, -0.15) is 0 Å². The minimum atomic E-state index is -0.553. The zero-order chi connectivity index (χ0) is 14.9. The normalized spacial score (nSPS) is 18.8. The second kappa shape index (κ2) is 5.19. The summed E-state index contributed by atoms with van der Waals surface area (Å²) in [7, 11) is 0. The Kier molecular flexibility index (Phi) is 3.74. The topological polar surface area (TPSA) is 71.9 Å². The molecule has 1 N–H and O–H groups in total. The Hall–Kier alpha value is -1.98. The third kappa shape index (κ3) is 3.53. The third-order valence-corrected chi connectivity index (χ3v) is 2.72. The van der Waals surface area contributed by atoms with Crippen LogP contribution in [0.5, 0.6) is 11.6 Å². The average molecular weight is 280 g/mol. The molecule has 0 fully saturated rings. The number of carbonyl (C=O) groups excluding carboxylic acids is 1. The number of pyridine rings is 1. The fourth-order valence-corrected chi connectivity index (χ4v) is 1.97. The molecule has 6 heteroatoms. The molecule has 0 aliphatic carbocycles. The standard InChI is InChI=1S/C14H20N2O4/c1-9-7-16(13(18)20-14(2,3)4)8-10-11(19-9)5-6-12(17)15-10/h5-6,9H,7-8H2,1-4H3,(H,15,17)/t9-/m0/s1. The van der Waals surface area contributed by atoms with E-state index in [1.165, 1.54) is 11.0 Å². The van der Waals surface area contributed by atoms with Crippen LogP contribution in [-0.4, -0.2) is 39.3 Å². The van der Waals surface area contributed by atoms with Crippen LogP contribution in [0.15, 0.2) is 12.1 Å². The summed E-state index contributed by atoms with van der Waals surface area (Å²) >= 11 is 0. The van der Waals surface area contributed by atoms with E-state index in [4.69, 9.17) is 9.47 Å². The van der Waals surface area contributed by atoms with Crippen molar-refractivity contribution < 1.29 is 19.4 Å². The predicted octanol–water partition coefficient (Wildman–Crippen LogP) is 2.31. The van der Waals surface area contributed by atoms with E-state index < -0.39 is 11.7 Å². The highest BCUT2D eigenvalue weighted by atomic mass is 16.6. The lowest BCUT2D eigenvalue weighted by molar-refractivity contribution is 0.0187. The Morgan fingerprint density at radius 2 is 2.20 bits per heavy atom. The number of rotatable bonds is 0. The summed E-state index contributed by atoms with van der Waals surface area (Å²) in [6, 6.07) is 3.13. The fraction of sp³-hybridized carbons (Fsp3) is 0.571. The lowest BCUT2D eigenvalue weighted by Gasteiger charge is -2.26. The Morgan fingerprint density at radius 1 is 1.50 bits per heavy atom. The molecule has 110 valence electrons. The second-order valence-electron chi connectivity index (χ2n) is 5.90. The van der Waals surface area contributed by atoms with Gasteiger partial charge in [0.15, 0.2) is 0 Å². The number of aromatic hydroxyl groups is 1. The minimum Gasteiger partial charge on any atom is -0.493 e. The summed E-state index contributed by atoms with van der Waals surface area (Å²) in [5.74, 6) is 0.493. The van der Waals surface area contributed by atoms with Crippen LogP contribution in [0.1, 0.15) is 33.4 Å². The molecule has 1 aliphatic rings. The smallest absolute Gasteiger partial charge is 0.410 e. The van der Waals surface area contributed by atoms with Gasteiger partial charge in [-0.25, -0.2) is 9.78 Å². The van der Waals surface area contributed by atoms with Crippen molar-refractivity contribution in [3.8, 4) is 11.6 Å². The van der Waals surface area contributed by atoms with Crippen molar-refractivity contribution in [3.63, 3.8) is 0 Å². The molecular formula is C14H20N2O4. The van der Waals surface area contributed by atoms with E-state index in [1.807, 2.05) is 27.7 Å². The van der Waals surface area contributed by atoms with Gasteiger partial charge in [0.25, 0.3) is 0 Å². The Morgan fingerprint density at radius 3 is 2.85 bits per heavy atom. The SMILES string of the molecule is C[C@H]1CN(C(=O)OC(C)(C)C)Cc2nc(O)ccc2O1. The first kappa shape index (κ1) is 14.4. The van der Waals surface area contributed by atoms with Crippen LogP contribution in [0.3, 0.4) is 0 Å². The first-order valence-electron chi connectivity index (χ1n) is 6.58. The van der Waals surface area contributed by atoms with Crippen LogP contribution in [0, 0.1) is 0 Å². The highest BCUT2D eigenvalue weighted by Crippen LogP contribution is 2.26. The Bertz CT molecular complexity index is 510. The molecule has 1 atom stereocenters. The van der Waals surface area contributed by atoms with Gasteiger partial charge in [-0.3, -0.25) is 4.90 Å². The molecule has 2 heterocycles. The van der Waals surface area contributed by atoms with Crippen molar-refractivity contribution >= 4 is 6.09 Å². The van der Waals surface area contributed by atoms with E-state index in [2.05, 4.69) is 4.98 Å². The van der Waals surface area contributed by atoms with Gasteiger partial charge in [0, 0.05) is 6.07 Å². The highest BCUT2D eigenvalue weighted by molar-refractivity contribution is 5.68. The molecular weight excluding hydrogens is 260 g/mol. The van der Waals surface area contributed by atoms with Gasteiger partial charge in [-0.15, -0.1) is 0 Å². The summed E-state index contributed by atoms with van der Waals surface area (Å²) in [5.41, 5.74) is -0.0250. The number of aromatic nitrogens is 1. The summed E-state index contributed by atoms with van der Waals surface area (Å²) < 4.78 is 11.1. The molecule has 1 aromatic rings. The third-order valence-electron chi connectivity index (χ3n) is 2.72. The van der Waals surface area contributed by atoms with Crippen molar-refractivity contribution in [1.29, 1.82) is 0 Å². The summed E-state index contributed by atoms with van der Waals surface area (Å²) in [6.45, 7) is 8.00. The van der Waals surface area contributed by atoms with Gasteiger partial charge in [0.1, 0.15) is 23.1 Å². The van der Waals surface area contributed by atoms with Crippen molar-refractivity contribution in [2.24, 2.45) is 0 Å². The lowest BCUT2D eigenvalue weighted by atomic mass is 10.2. The summed E-state index contributed by atoms with van der Waals surface area (Å²) in [5, 5.41) is 9.46. The van der Waals surface area contributed by atoms with Crippen LogP contribution >= 0.6 is 0 Å². The molecule has 1 aromatic heterocycles. The fourth-order valence-electron chi connectivity index (χ4n) is 1.97. The molecule has 0 saturated carbocycles. The number of hydrogen-bond donors (Lipinski definition) is 1. The molecule has 0 bridgehead atoms. The number of ether oxygens (including phenoxy) is 2. The lowest BCUT2D eigenvalue weighted by Crippen LogP contribution is -2.39. The van der Waals surface area contributed by atoms with Gasteiger partial charge in [-0.05, 0) is 33.8 Å². The monoisotopic (exact) mass is 280 g/mol. The molecule has 1 amide bonds. The largest absolute Gasteiger partial charge is 0.493 e. The van der Waals surface area contributed by atoms with Crippen LogP contribution in [0.4, 0.5) is 4.79 Å². The number of amides is 1. The Balaban J connectivity index is 2.22. The van der Waals surface area contributed by atoms with Gasteiger partial charge in [0.2, 0.25) is 5.88 Å². The highest BCUT2D eigenvalue weighted by Gasteiger charge is 2.28. The maximum Gasteiger partial charge on any atom is 0.410 e. The van der Waals surface area contributed by atoms with E-state index >= 15 is 0 Å². The van der Waals surface area contributed by atoms with E-state index in [9.17, 15) is 9.90 Å². The Labute approximate surface area is 118 Å². The van der Waals surface area contributed by atoms with Gasteiger partial charge < -0.3 is 14.6 Å². The molecule has 6 nitrogen and oxygen atoms in total. The molecule has 0 unspecified atom stereocenters. The average Bonchev–Trinajstić information content (AvgIpc) is 2.45. The first-order chi connectivity index (χ1) is 9.24. The van der Waals surface area contributed by atoms with Crippen LogP contribution < -0.4 is 4.74 Å². The molecule has 0 saturated heterocycles. The van der Waals surface area contributed by atoms with E-state index in [0.29, 0.717) is 18.0 Å². The molecule has 2 rings (SSSR count).